The van der Waals surface area contributed by atoms with Gasteiger partial charge < -0.3 is 9.97 Å². The van der Waals surface area contributed by atoms with E-state index in [4.69, 9.17) is 0 Å². The first-order valence-corrected chi connectivity index (χ1v) is 23.3. The first kappa shape index (κ1) is 53.0. The van der Waals surface area contributed by atoms with Crippen LogP contribution >= 0.6 is 0 Å². The van der Waals surface area contributed by atoms with Crippen molar-refractivity contribution in [2.24, 2.45) is 17.8 Å². The number of aromatic nitrogens is 3. The normalized spacial score (nSPS) is 10.5. The maximum Gasteiger partial charge on any atom is 0.0704 e. The van der Waals surface area contributed by atoms with Crippen molar-refractivity contribution >= 4 is 0 Å². The molecule has 0 amide bonds. The molecule has 0 N–H and O–H groups in total. The van der Waals surface area contributed by atoms with Crippen LogP contribution in [0.1, 0.15) is 58.2 Å². The van der Waals surface area contributed by atoms with Crippen LogP contribution in [-0.4, -0.2) is 15.0 Å². The second-order valence-corrected chi connectivity index (χ2v) is 18.1. The Bertz CT molecular complexity index is 2730. The van der Waals surface area contributed by atoms with E-state index in [-0.39, 0.29) is 40.2 Å². The molecular weight excluding hydrogens is 1180 g/mol. The molecule has 6 aromatic carbocycles. The van der Waals surface area contributed by atoms with E-state index < -0.39 is 0 Å². The number of rotatable bonds is 12. The van der Waals surface area contributed by atoms with Gasteiger partial charge in [0.2, 0.25) is 0 Å². The molecule has 2 radical (unpaired) electrons. The van der Waals surface area contributed by atoms with Crippen molar-refractivity contribution in [2.75, 3.05) is 0 Å². The third kappa shape index (κ3) is 16.1. The van der Waals surface area contributed by atoms with Crippen molar-refractivity contribution in [3.8, 4) is 67.2 Å². The molecule has 3 aromatic heterocycles. The molecule has 0 aliphatic carbocycles. The Hall–Kier alpha value is -5.93. The van der Waals surface area contributed by atoms with Crippen molar-refractivity contribution in [3.05, 3.63) is 235 Å². The van der Waals surface area contributed by atoms with Gasteiger partial charge in [-0.3, -0.25) is 4.98 Å². The Labute approximate surface area is 433 Å². The van der Waals surface area contributed by atoms with Crippen molar-refractivity contribution < 1.29 is 40.2 Å². The summed E-state index contributed by atoms with van der Waals surface area (Å²) in [5, 5.41) is 0. The summed E-state index contributed by atoms with van der Waals surface area (Å²) in [7, 11) is 0. The summed E-state index contributed by atoms with van der Waals surface area (Å²) < 4.78 is 0. The van der Waals surface area contributed by atoms with Crippen LogP contribution in [0.2, 0.25) is 0 Å². The number of hydrogen-bond acceptors (Lipinski definition) is 3. The van der Waals surface area contributed by atoms with Crippen LogP contribution in [0.5, 0.6) is 0 Å². The fraction of sp³-hybridized carbons (Fsp3) is 0.190. The SMILES string of the molecule is CC(C)Cc1ccc(-c2[c-]ccc(-c3ccccc3)c2)nc1.CC(C)Cc1ccnc(-c2[c-]ccc(-c3ccccc3)c2)c1.CC(C)Cc1ccnc(-c2cccc(-c3ccccc3)c2)c1.[Ir].[Ir]. The van der Waals surface area contributed by atoms with Crippen LogP contribution in [0.4, 0.5) is 0 Å². The predicted molar refractivity (Wildman–Crippen MR) is 279 cm³/mol. The number of hydrogen-bond donors (Lipinski definition) is 0. The molecule has 3 nitrogen and oxygen atoms in total. The minimum absolute atomic E-state index is 0. The van der Waals surface area contributed by atoms with Gasteiger partial charge >= 0.3 is 0 Å². The third-order valence-corrected chi connectivity index (χ3v) is 11.0. The van der Waals surface area contributed by atoms with Crippen LogP contribution in [0.25, 0.3) is 67.2 Å². The summed E-state index contributed by atoms with van der Waals surface area (Å²) in [5.74, 6) is 1.96. The van der Waals surface area contributed by atoms with E-state index in [1.807, 2.05) is 48.9 Å². The second kappa shape index (κ2) is 27.2. The summed E-state index contributed by atoms with van der Waals surface area (Å²) in [6.07, 6.45) is 9.04. The Morgan fingerprint density at radius 2 is 0.750 bits per heavy atom. The van der Waals surface area contributed by atoms with Gasteiger partial charge in [0.1, 0.15) is 0 Å². The van der Waals surface area contributed by atoms with Crippen LogP contribution in [-0.2, 0) is 59.5 Å². The molecular formula is C63H61Ir2N3-2. The molecule has 348 valence electrons. The summed E-state index contributed by atoms with van der Waals surface area (Å²) >= 11 is 0. The Morgan fingerprint density at radius 3 is 1.22 bits per heavy atom. The molecule has 3 heterocycles. The van der Waals surface area contributed by atoms with Gasteiger partial charge in [0.15, 0.2) is 0 Å². The second-order valence-electron chi connectivity index (χ2n) is 18.1. The van der Waals surface area contributed by atoms with E-state index in [0.717, 1.165) is 47.5 Å². The van der Waals surface area contributed by atoms with Crippen LogP contribution in [0.15, 0.2) is 207 Å². The zero-order valence-corrected chi connectivity index (χ0v) is 44.8. The quantitative estimate of drug-likeness (QED) is 0.114. The monoisotopic (exact) mass is 1250 g/mol. The standard InChI is InChI=1S/C21H20N.C21H21N.C21H20N.2Ir/c1-16(2)13-17-11-12-21(22-15-17)20-10-6-9-19(14-20)18-7-4-3-5-8-18;2*1-16(2)13-17-11-12-22-21(14-17)20-10-6-9-19(15-20)18-7-4-3-5-8-18;;/h3-9,11-12,14-16H,13H2,1-2H3;3-12,14-16H,13H2,1-2H3;3-9,11-12,14-16H,13H2,1-2H3;;/q-1;;-1;;. The van der Waals surface area contributed by atoms with E-state index in [2.05, 4.69) is 226 Å². The molecule has 0 spiro atoms. The molecule has 9 aromatic rings. The first-order chi connectivity index (χ1) is 32.2. The summed E-state index contributed by atoms with van der Waals surface area (Å²) in [5.41, 5.74) is 17.6. The van der Waals surface area contributed by atoms with E-state index >= 15 is 0 Å². The van der Waals surface area contributed by atoms with Gasteiger partial charge in [-0.1, -0.05) is 174 Å². The van der Waals surface area contributed by atoms with E-state index in [0.29, 0.717) is 17.8 Å². The maximum atomic E-state index is 4.61. The van der Waals surface area contributed by atoms with Gasteiger partial charge in [-0.25, -0.2) is 0 Å². The predicted octanol–water partition coefficient (Wildman–Crippen LogP) is 16.4. The van der Waals surface area contributed by atoms with Crippen molar-refractivity contribution in [1.82, 2.24) is 15.0 Å². The average molecular weight is 1240 g/mol. The van der Waals surface area contributed by atoms with Crippen LogP contribution in [0.3, 0.4) is 0 Å². The maximum absolute atomic E-state index is 4.61. The van der Waals surface area contributed by atoms with Gasteiger partial charge in [-0.05, 0) is 106 Å². The largest absolute Gasteiger partial charge is 0.305 e. The zero-order chi connectivity index (χ0) is 46.1. The number of benzene rings is 6. The molecule has 0 saturated carbocycles. The number of nitrogens with zero attached hydrogens (tertiary/aromatic N) is 3. The molecule has 0 aliphatic heterocycles. The minimum Gasteiger partial charge on any atom is -0.305 e. The molecule has 9 rings (SSSR count). The Balaban J connectivity index is 0.000000188. The van der Waals surface area contributed by atoms with Crippen LogP contribution < -0.4 is 0 Å². The average Bonchev–Trinajstić information content (AvgIpc) is 3.35. The van der Waals surface area contributed by atoms with Gasteiger partial charge in [-0.15, -0.1) is 70.8 Å². The molecule has 0 saturated heterocycles. The molecule has 0 aliphatic rings. The van der Waals surface area contributed by atoms with Crippen molar-refractivity contribution in [3.63, 3.8) is 0 Å². The van der Waals surface area contributed by atoms with Gasteiger partial charge in [0, 0.05) is 64.4 Å². The first-order valence-electron chi connectivity index (χ1n) is 23.3. The minimum atomic E-state index is 0. The number of pyridine rings is 3. The molecule has 0 unspecified atom stereocenters. The van der Waals surface area contributed by atoms with Crippen LogP contribution in [0, 0.1) is 29.9 Å². The van der Waals surface area contributed by atoms with Gasteiger partial charge in [-0.2, -0.15) is 0 Å². The topological polar surface area (TPSA) is 38.7 Å². The summed E-state index contributed by atoms with van der Waals surface area (Å²) in [6.45, 7) is 13.4. The molecule has 68 heavy (non-hydrogen) atoms. The smallest absolute Gasteiger partial charge is 0.0704 e. The third-order valence-electron chi connectivity index (χ3n) is 11.0. The fourth-order valence-corrected chi connectivity index (χ4v) is 7.96. The molecule has 0 fully saturated rings. The zero-order valence-electron chi connectivity index (χ0n) is 40.0. The fourth-order valence-electron chi connectivity index (χ4n) is 7.96. The van der Waals surface area contributed by atoms with Crippen molar-refractivity contribution in [2.45, 2.75) is 60.8 Å². The molecule has 0 bridgehead atoms. The Kier molecular flexibility index (Phi) is 21.2. The van der Waals surface area contributed by atoms with E-state index in [9.17, 15) is 0 Å². The Morgan fingerprint density at radius 1 is 0.338 bits per heavy atom. The van der Waals surface area contributed by atoms with Gasteiger partial charge in [0.25, 0.3) is 0 Å². The molecule has 0 atom stereocenters. The summed E-state index contributed by atoms with van der Waals surface area (Å²) in [4.78, 5) is 13.7. The molecule has 5 heteroatoms. The van der Waals surface area contributed by atoms with Gasteiger partial charge in [0.05, 0.1) is 5.69 Å². The van der Waals surface area contributed by atoms with E-state index in [1.165, 1.54) is 55.6 Å². The summed E-state index contributed by atoms with van der Waals surface area (Å²) in [6, 6.07) is 71.8. The van der Waals surface area contributed by atoms with E-state index in [1.54, 1.807) is 0 Å². The van der Waals surface area contributed by atoms with Crippen molar-refractivity contribution in [1.29, 1.82) is 0 Å².